The minimum Gasteiger partial charge on any atom is -0.396 e. The van der Waals surface area contributed by atoms with Gasteiger partial charge < -0.3 is 19.6 Å². The first-order chi connectivity index (χ1) is 16.5. The van der Waals surface area contributed by atoms with Crippen molar-refractivity contribution < 1.29 is 9.90 Å². The van der Waals surface area contributed by atoms with E-state index in [1.807, 2.05) is 53.6 Å². The van der Waals surface area contributed by atoms with Gasteiger partial charge in [0.1, 0.15) is 0 Å². The summed E-state index contributed by atoms with van der Waals surface area (Å²) >= 11 is 0. The number of carbonyl (C=O) groups is 1. The first-order valence-corrected chi connectivity index (χ1v) is 11.8. The average Bonchev–Trinajstić information content (AvgIpc) is 3.52. The van der Waals surface area contributed by atoms with Crippen LogP contribution in [0.1, 0.15) is 24.4 Å². The monoisotopic (exact) mass is 462 g/mol. The van der Waals surface area contributed by atoms with E-state index in [1.165, 1.54) is 0 Å². The molecule has 0 radical (unpaired) electrons. The molecule has 0 bridgehead atoms. The molecule has 2 aliphatic heterocycles. The van der Waals surface area contributed by atoms with Gasteiger partial charge >= 0.3 is 0 Å². The minimum absolute atomic E-state index is 0.00289. The number of aryl methyl sites for hydroxylation is 1. The summed E-state index contributed by atoms with van der Waals surface area (Å²) in [5.41, 5.74) is 3.27. The molecule has 0 spiro atoms. The summed E-state index contributed by atoms with van der Waals surface area (Å²) in [4.78, 5) is 37.1. The predicted molar refractivity (Wildman–Crippen MR) is 127 cm³/mol. The Kier molecular flexibility index (Phi) is 6.05. The summed E-state index contributed by atoms with van der Waals surface area (Å²) in [5.74, 6) is -0.325. The van der Waals surface area contributed by atoms with Gasteiger partial charge in [0.15, 0.2) is 0 Å². The standard InChI is InChI=1S/C25H30N6O3/c1-3-30-22-19(13-31-21(22)5-4-18(25(31)34)16-6-9-26-10-7-16)20(14-32)23(30)24(33)27-11-8-17-12-29(2)15-28-17/h4-7,9-10,12,15,19-20,22-23,32H,3,8,11,13-14H2,1-2H3,(H,27,33)/t19-,20-,22+,23-/m0/s1. The van der Waals surface area contributed by atoms with Crippen molar-refractivity contribution >= 4 is 5.91 Å². The summed E-state index contributed by atoms with van der Waals surface area (Å²) in [6.45, 7) is 3.56. The number of likely N-dealkylation sites (tertiary alicyclic amines) is 1. The Morgan fingerprint density at radius 3 is 2.71 bits per heavy atom. The maximum absolute atomic E-state index is 13.4. The molecule has 0 unspecified atom stereocenters. The lowest BCUT2D eigenvalue weighted by Crippen LogP contribution is -2.48. The second-order valence-corrected chi connectivity index (χ2v) is 9.13. The van der Waals surface area contributed by atoms with Gasteiger partial charge in [0.05, 0.1) is 24.1 Å². The molecule has 178 valence electrons. The van der Waals surface area contributed by atoms with E-state index in [4.69, 9.17) is 0 Å². The fourth-order valence-electron chi connectivity index (χ4n) is 5.75. The van der Waals surface area contributed by atoms with Crippen molar-refractivity contribution in [3.63, 3.8) is 0 Å². The third kappa shape index (κ3) is 3.74. The van der Waals surface area contributed by atoms with E-state index in [0.29, 0.717) is 31.6 Å². The summed E-state index contributed by atoms with van der Waals surface area (Å²) in [7, 11) is 1.92. The van der Waals surface area contributed by atoms with Crippen molar-refractivity contribution in [2.45, 2.75) is 32.0 Å². The van der Waals surface area contributed by atoms with Gasteiger partial charge in [0.25, 0.3) is 5.56 Å². The van der Waals surface area contributed by atoms with Crippen LogP contribution in [0.2, 0.25) is 0 Å². The number of likely N-dealkylation sites (N-methyl/N-ethyl adjacent to an activating group) is 1. The maximum atomic E-state index is 13.4. The van der Waals surface area contributed by atoms with E-state index < -0.39 is 6.04 Å². The van der Waals surface area contributed by atoms with Gasteiger partial charge in [-0.2, -0.15) is 0 Å². The van der Waals surface area contributed by atoms with Crippen LogP contribution in [0.25, 0.3) is 11.1 Å². The highest BCUT2D eigenvalue weighted by Gasteiger charge is 2.54. The fraction of sp³-hybridized carbons (Fsp3) is 0.440. The number of hydrogen-bond donors (Lipinski definition) is 2. The molecule has 0 aromatic carbocycles. The Hall–Kier alpha value is -3.30. The van der Waals surface area contributed by atoms with Crippen molar-refractivity contribution in [2.75, 3.05) is 19.7 Å². The van der Waals surface area contributed by atoms with Crippen LogP contribution in [0.15, 0.2) is 54.0 Å². The van der Waals surface area contributed by atoms with E-state index in [2.05, 4.69) is 20.2 Å². The highest BCUT2D eigenvalue weighted by atomic mass is 16.3. The van der Waals surface area contributed by atoms with Crippen LogP contribution in [0, 0.1) is 11.8 Å². The van der Waals surface area contributed by atoms with Gasteiger partial charge in [-0.25, -0.2) is 4.98 Å². The smallest absolute Gasteiger partial charge is 0.258 e. The zero-order valence-corrected chi connectivity index (χ0v) is 19.5. The third-order valence-electron chi connectivity index (χ3n) is 7.25. The molecule has 4 atom stereocenters. The lowest BCUT2D eigenvalue weighted by atomic mass is 9.88. The van der Waals surface area contributed by atoms with Gasteiger partial charge in [-0.15, -0.1) is 0 Å². The van der Waals surface area contributed by atoms with Crippen molar-refractivity contribution in [2.24, 2.45) is 18.9 Å². The number of nitrogens with one attached hydrogen (secondary N) is 1. The number of nitrogens with zero attached hydrogens (tertiary/aromatic N) is 5. The number of hydrogen-bond acceptors (Lipinski definition) is 6. The second kappa shape index (κ2) is 9.15. The van der Waals surface area contributed by atoms with Crippen molar-refractivity contribution in [3.05, 3.63) is 70.9 Å². The van der Waals surface area contributed by atoms with Crippen LogP contribution in [-0.2, 0) is 24.8 Å². The molecule has 2 N–H and O–H groups in total. The summed E-state index contributed by atoms with van der Waals surface area (Å²) in [5, 5.41) is 13.4. The first-order valence-electron chi connectivity index (χ1n) is 11.8. The molecule has 5 heterocycles. The minimum atomic E-state index is -0.433. The Labute approximate surface area is 198 Å². The van der Waals surface area contributed by atoms with E-state index in [9.17, 15) is 14.7 Å². The quantitative estimate of drug-likeness (QED) is 0.543. The number of amides is 1. The Morgan fingerprint density at radius 1 is 1.24 bits per heavy atom. The van der Waals surface area contributed by atoms with Crippen LogP contribution in [0.5, 0.6) is 0 Å². The number of rotatable bonds is 7. The largest absolute Gasteiger partial charge is 0.396 e. The molecule has 0 saturated carbocycles. The molecule has 3 aromatic rings. The SMILES string of the molecule is CCN1[C@H](C(=O)NCCc2cn(C)cn2)[C@@H](CO)[C@@H]2Cn3c(ccc(-c4ccncc4)c3=O)[C@@H]21. The van der Waals surface area contributed by atoms with Crippen LogP contribution < -0.4 is 10.9 Å². The average molecular weight is 463 g/mol. The van der Waals surface area contributed by atoms with Gasteiger partial charge in [-0.3, -0.25) is 19.5 Å². The predicted octanol–water partition coefficient (Wildman–Crippen LogP) is 0.986. The number of aliphatic hydroxyl groups is 1. The number of fused-ring (bicyclic) bond motifs is 3. The van der Waals surface area contributed by atoms with E-state index in [1.54, 1.807) is 18.7 Å². The normalized spacial score (nSPS) is 23.6. The molecule has 5 rings (SSSR count). The van der Waals surface area contributed by atoms with Gasteiger partial charge in [-0.05, 0) is 36.4 Å². The zero-order valence-electron chi connectivity index (χ0n) is 19.5. The molecule has 34 heavy (non-hydrogen) atoms. The summed E-state index contributed by atoms with van der Waals surface area (Å²) in [6.07, 6.45) is 7.70. The highest BCUT2D eigenvalue weighted by Crippen LogP contribution is 2.49. The molecular formula is C25H30N6O3. The van der Waals surface area contributed by atoms with Crippen molar-refractivity contribution in [1.29, 1.82) is 0 Å². The number of pyridine rings is 2. The van der Waals surface area contributed by atoms with Crippen LogP contribution >= 0.6 is 0 Å². The molecule has 9 heteroatoms. The molecule has 1 amide bonds. The van der Waals surface area contributed by atoms with Gasteiger partial charge in [0.2, 0.25) is 5.91 Å². The number of aliphatic hydroxyl groups excluding tert-OH is 1. The fourth-order valence-corrected chi connectivity index (χ4v) is 5.75. The first kappa shape index (κ1) is 22.5. The van der Waals surface area contributed by atoms with E-state index >= 15 is 0 Å². The molecule has 1 saturated heterocycles. The molecular weight excluding hydrogens is 432 g/mol. The van der Waals surface area contributed by atoms with Gasteiger partial charge in [0, 0.05) is 74.8 Å². The Balaban J connectivity index is 1.39. The number of imidazole rings is 1. The van der Waals surface area contributed by atoms with Crippen molar-refractivity contribution in [1.82, 2.24) is 29.3 Å². The highest BCUT2D eigenvalue weighted by molar-refractivity contribution is 5.82. The van der Waals surface area contributed by atoms with Crippen LogP contribution in [-0.4, -0.2) is 60.8 Å². The number of carbonyl (C=O) groups excluding carboxylic acids is 1. The van der Waals surface area contributed by atoms with Crippen LogP contribution in [0.3, 0.4) is 0 Å². The Morgan fingerprint density at radius 2 is 2.03 bits per heavy atom. The van der Waals surface area contributed by atoms with Crippen molar-refractivity contribution in [3.8, 4) is 11.1 Å². The molecule has 9 nitrogen and oxygen atoms in total. The van der Waals surface area contributed by atoms with Crippen LogP contribution in [0.4, 0.5) is 0 Å². The molecule has 0 aliphatic carbocycles. The second-order valence-electron chi connectivity index (χ2n) is 9.13. The summed E-state index contributed by atoms with van der Waals surface area (Å²) in [6, 6.07) is 7.03. The summed E-state index contributed by atoms with van der Waals surface area (Å²) < 4.78 is 3.71. The van der Waals surface area contributed by atoms with Gasteiger partial charge in [-0.1, -0.05) is 6.92 Å². The van der Waals surface area contributed by atoms with E-state index in [-0.39, 0.29) is 36.0 Å². The zero-order chi connectivity index (χ0) is 23.8. The van der Waals surface area contributed by atoms with E-state index in [0.717, 1.165) is 17.0 Å². The lowest BCUT2D eigenvalue weighted by molar-refractivity contribution is -0.127. The maximum Gasteiger partial charge on any atom is 0.258 e. The third-order valence-corrected chi connectivity index (χ3v) is 7.25. The molecule has 3 aromatic heterocycles. The lowest BCUT2D eigenvalue weighted by Gasteiger charge is -2.29. The Bertz CT molecular complexity index is 1240. The molecule has 2 aliphatic rings. The number of aromatic nitrogens is 4. The topological polar surface area (TPSA) is 105 Å². The molecule has 1 fully saturated rings.